The first-order chi connectivity index (χ1) is 3.93. The van der Waals surface area contributed by atoms with Crippen molar-refractivity contribution in [3.63, 3.8) is 0 Å². The van der Waals surface area contributed by atoms with Crippen molar-refractivity contribution in [3.8, 4) is 5.92 Å². The normalized spacial score (nSPS) is 7.00. The van der Waals surface area contributed by atoms with Crippen LogP contribution in [-0.2, 0) is 26.2 Å². The average molecular weight is 192 g/mol. The van der Waals surface area contributed by atoms with Crippen LogP contribution in [-0.4, -0.2) is 0 Å². The summed E-state index contributed by atoms with van der Waals surface area (Å²) < 4.78 is 0. The van der Waals surface area contributed by atoms with Gasteiger partial charge in [-0.2, -0.15) is 0 Å². The number of hydrogen-bond donors (Lipinski definition) is 0. The van der Waals surface area contributed by atoms with Gasteiger partial charge in [-0.15, -0.1) is 17.7 Å². The summed E-state index contributed by atoms with van der Waals surface area (Å²) in [5, 5.41) is 0. The van der Waals surface area contributed by atoms with Crippen molar-refractivity contribution in [1.29, 1.82) is 0 Å². The molecule has 0 spiro atoms. The van der Waals surface area contributed by atoms with Crippen molar-refractivity contribution < 1.29 is 26.2 Å². The predicted molar refractivity (Wildman–Crippen MR) is 32.7 cm³/mol. The second kappa shape index (κ2) is 4.53. The summed E-state index contributed by atoms with van der Waals surface area (Å²) in [4.78, 5) is 0. The molecule has 0 radical (unpaired) electrons. The molecule has 1 aromatic rings. The van der Waals surface area contributed by atoms with Crippen LogP contribution in [0.1, 0.15) is 5.56 Å². The summed E-state index contributed by atoms with van der Waals surface area (Å²) in [7, 11) is 0. The van der Waals surface area contributed by atoms with Gasteiger partial charge in [0, 0.05) is 26.2 Å². The van der Waals surface area contributed by atoms with Crippen molar-refractivity contribution in [2.75, 3.05) is 0 Å². The molecule has 0 saturated heterocycles. The molecule has 42 valence electrons. The van der Waals surface area contributed by atoms with E-state index in [4.69, 9.17) is 6.42 Å². The Labute approximate surface area is 74.4 Å². The Kier molecular flexibility index (Phi) is 4.36. The summed E-state index contributed by atoms with van der Waals surface area (Å²) in [6, 6.07) is 9.37. The second-order valence-corrected chi connectivity index (χ2v) is 1.49. The molecule has 0 amide bonds. The Morgan fingerprint density at radius 3 is 2.00 bits per heavy atom. The molecule has 0 aromatic heterocycles. The average Bonchev–Trinajstić information content (AvgIpc) is 1.90. The second-order valence-electron chi connectivity index (χ2n) is 1.49. The summed E-state index contributed by atoms with van der Waals surface area (Å²) in [6.45, 7) is 0. The van der Waals surface area contributed by atoms with Crippen molar-refractivity contribution in [2.45, 2.75) is 0 Å². The molecule has 0 bridgehead atoms. The zero-order valence-corrected chi connectivity index (χ0v) is 7.34. The van der Waals surface area contributed by atoms with Crippen LogP contribution in [0.3, 0.4) is 0 Å². The Morgan fingerprint density at radius 1 is 1.11 bits per heavy atom. The van der Waals surface area contributed by atoms with Crippen LogP contribution < -0.4 is 0 Å². The van der Waals surface area contributed by atoms with E-state index in [2.05, 4.69) is 5.92 Å². The Morgan fingerprint density at radius 2 is 1.67 bits per heavy atom. The fraction of sp³-hybridized carbons (Fsp3) is 0. The maximum absolute atomic E-state index is 6.69. The van der Waals surface area contributed by atoms with E-state index in [1.165, 1.54) is 0 Å². The van der Waals surface area contributed by atoms with Crippen LogP contribution in [0.4, 0.5) is 0 Å². The van der Waals surface area contributed by atoms with Crippen molar-refractivity contribution in [2.24, 2.45) is 0 Å². The minimum atomic E-state index is 0. The quantitative estimate of drug-likeness (QED) is 0.433. The fourth-order valence-electron chi connectivity index (χ4n) is 0.521. The standard InChI is InChI=1S/C8H5.Zr/c1-2-8-6-4-3-5-7-8;/h3-7H;/q-1;. The first-order valence-corrected chi connectivity index (χ1v) is 2.41. The van der Waals surface area contributed by atoms with Crippen molar-refractivity contribution in [1.82, 2.24) is 0 Å². The van der Waals surface area contributed by atoms with Gasteiger partial charge in [0.25, 0.3) is 0 Å². The molecule has 0 aliphatic heterocycles. The summed E-state index contributed by atoms with van der Waals surface area (Å²) in [6.07, 6.45) is 6.69. The van der Waals surface area contributed by atoms with Gasteiger partial charge >= 0.3 is 0 Å². The zero-order valence-electron chi connectivity index (χ0n) is 4.89. The summed E-state index contributed by atoms with van der Waals surface area (Å²) >= 11 is 0. The maximum Gasteiger partial charge on any atom is 0 e. The van der Waals surface area contributed by atoms with Gasteiger partial charge in [-0.3, -0.25) is 5.92 Å². The molecular formula is C8H5Zr-. The first kappa shape index (κ1) is 8.66. The van der Waals surface area contributed by atoms with Crippen LogP contribution in [0.25, 0.3) is 0 Å². The van der Waals surface area contributed by atoms with Gasteiger partial charge < -0.3 is 6.42 Å². The molecule has 1 heteroatoms. The Bertz CT molecular complexity index is 196. The third kappa shape index (κ3) is 2.63. The molecule has 0 nitrogen and oxygen atoms in total. The van der Waals surface area contributed by atoms with E-state index in [1.807, 2.05) is 30.3 Å². The molecule has 0 unspecified atom stereocenters. The van der Waals surface area contributed by atoms with E-state index in [1.54, 1.807) is 0 Å². The van der Waals surface area contributed by atoms with Gasteiger partial charge in [0.1, 0.15) is 0 Å². The van der Waals surface area contributed by atoms with Gasteiger partial charge in [0.15, 0.2) is 0 Å². The predicted octanol–water partition coefficient (Wildman–Crippen LogP) is 1.62. The molecule has 0 aliphatic carbocycles. The monoisotopic (exact) mass is 191 g/mol. The third-order valence-electron chi connectivity index (χ3n) is 0.918. The van der Waals surface area contributed by atoms with Crippen LogP contribution in [0, 0.1) is 12.3 Å². The number of hydrogen-bond acceptors (Lipinski definition) is 0. The molecule has 1 rings (SSSR count). The molecule has 1 aromatic carbocycles. The first-order valence-electron chi connectivity index (χ1n) is 2.41. The van der Waals surface area contributed by atoms with E-state index in [9.17, 15) is 0 Å². The number of rotatable bonds is 0. The van der Waals surface area contributed by atoms with Crippen LogP contribution in [0.15, 0.2) is 30.3 Å². The van der Waals surface area contributed by atoms with E-state index < -0.39 is 0 Å². The molecule has 0 saturated carbocycles. The van der Waals surface area contributed by atoms with Gasteiger partial charge in [-0.25, -0.2) is 0 Å². The van der Waals surface area contributed by atoms with Crippen LogP contribution in [0.5, 0.6) is 0 Å². The molecule has 0 fully saturated rings. The minimum absolute atomic E-state index is 0. The smallest absolute Gasteiger partial charge is 0 e. The Balaban J connectivity index is 0.000000640. The van der Waals surface area contributed by atoms with Gasteiger partial charge in [0.05, 0.1) is 0 Å². The van der Waals surface area contributed by atoms with E-state index in [-0.39, 0.29) is 26.2 Å². The molecule has 0 aliphatic rings. The summed E-state index contributed by atoms with van der Waals surface area (Å²) in [5.41, 5.74) is 0.826. The van der Waals surface area contributed by atoms with Gasteiger partial charge in [-0.1, -0.05) is 18.2 Å². The molecular weight excluding hydrogens is 187 g/mol. The molecule has 9 heavy (non-hydrogen) atoms. The SMILES string of the molecule is [C-]#Cc1ccccc1.[Zr]. The van der Waals surface area contributed by atoms with Gasteiger partial charge in [-0.05, 0) is 0 Å². The zero-order chi connectivity index (χ0) is 5.82. The fourth-order valence-corrected chi connectivity index (χ4v) is 0.521. The van der Waals surface area contributed by atoms with E-state index >= 15 is 0 Å². The molecule has 0 heterocycles. The third-order valence-corrected chi connectivity index (χ3v) is 0.918. The van der Waals surface area contributed by atoms with Crippen molar-refractivity contribution in [3.05, 3.63) is 42.3 Å². The van der Waals surface area contributed by atoms with Crippen LogP contribution >= 0.6 is 0 Å². The van der Waals surface area contributed by atoms with E-state index in [0.29, 0.717) is 0 Å². The largest absolute Gasteiger partial charge is 0.366 e. The number of benzene rings is 1. The topological polar surface area (TPSA) is 0 Å². The van der Waals surface area contributed by atoms with Gasteiger partial charge in [0.2, 0.25) is 0 Å². The van der Waals surface area contributed by atoms with E-state index in [0.717, 1.165) is 5.56 Å². The van der Waals surface area contributed by atoms with Crippen LogP contribution in [0.2, 0.25) is 0 Å². The summed E-state index contributed by atoms with van der Waals surface area (Å²) in [5.74, 6) is 2.28. The molecule has 0 atom stereocenters. The molecule has 0 N–H and O–H groups in total. The van der Waals surface area contributed by atoms with Crippen molar-refractivity contribution >= 4 is 0 Å². The Hall–Kier alpha value is -0.337. The minimum Gasteiger partial charge on any atom is -0.366 e. The maximum atomic E-state index is 6.69.